The van der Waals surface area contributed by atoms with E-state index in [1.807, 2.05) is 0 Å². The van der Waals surface area contributed by atoms with Gasteiger partial charge in [-0.15, -0.1) is 0 Å². The molecule has 0 saturated heterocycles. The number of hydrogen-bond acceptors (Lipinski definition) is 6. The van der Waals surface area contributed by atoms with Crippen molar-refractivity contribution < 1.29 is 14.2 Å². The van der Waals surface area contributed by atoms with E-state index in [0.29, 0.717) is 11.3 Å². The second-order valence-corrected chi connectivity index (χ2v) is 3.59. The predicted octanol–water partition coefficient (Wildman–Crippen LogP) is 1.11. The summed E-state index contributed by atoms with van der Waals surface area (Å²) in [6.45, 7) is 1.47. The molecule has 0 fully saturated rings. The average molecular weight is 246 g/mol. The van der Waals surface area contributed by atoms with Crippen LogP contribution in [0.2, 0.25) is 0 Å². The number of rotatable bonds is 3. The third-order valence-electron chi connectivity index (χ3n) is 2.28. The van der Waals surface area contributed by atoms with Crippen molar-refractivity contribution in [2.45, 2.75) is 6.92 Å². The van der Waals surface area contributed by atoms with Crippen LogP contribution in [-0.2, 0) is 0 Å². The normalized spacial score (nSPS) is 10.1. The van der Waals surface area contributed by atoms with Crippen LogP contribution in [0.1, 0.15) is 27.8 Å². The lowest BCUT2D eigenvalue weighted by molar-refractivity contribution is 0.101. The highest BCUT2D eigenvalue weighted by Gasteiger charge is 2.15. The quantitative estimate of drug-likeness (QED) is 0.784. The molecule has 1 aromatic carbocycles. The zero-order chi connectivity index (χ0) is 13.1. The maximum absolute atomic E-state index is 11.7. The fourth-order valence-electron chi connectivity index (χ4n) is 1.33. The van der Waals surface area contributed by atoms with E-state index in [1.54, 1.807) is 24.3 Å². The lowest BCUT2D eigenvalue weighted by Gasteiger charge is -2.03. The van der Waals surface area contributed by atoms with E-state index >= 15 is 0 Å². The van der Waals surface area contributed by atoms with Crippen molar-refractivity contribution in [1.82, 2.24) is 10.3 Å². The van der Waals surface area contributed by atoms with Gasteiger partial charge in [-0.2, -0.15) is 0 Å². The summed E-state index contributed by atoms with van der Waals surface area (Å²) in [4.78, 5) is 22.8. The van der Waals surface area contributed by atoms with Crippen LogP contribution in [0, 0.1) is 0 Å². The second-order valence-electron chi connectivity index (χ2n) is 3.59. The molecule has 0 aliphatic heterocycles. The Bertz CT molecular complexity index is 589. The smallest absolute Gasteiger partial charge is 0.281 e. The van der Waals surface area contributed by atoms with Crippen molar-refractivity contribution in [2.24, 2.45) is 0 Å². The number of nitrogens with one attached hydrogen (secondary N) is 1. The molecule has 0 saturated carbocycles. The highest BCUT2D eigenvalue weighted by molar-refractivity contribution is 6.05. The molecule has 0 aliphatic carbocycles. The van der Waals surface area contributed by atoms with Gasteiger partial charge in [0.25, 0.3) is 5.91 Å². The fraction of sp³-hybridized carbons (Fsp3) is 0.0909. The minimum Gasteiger partial charge on any atom is -0.379 e. The van der Waals surface area contributed by atoms with Crippen molar-refractivity contribution in [3.05, 3.63) is 35.5 Å². The first kappa shape index (κ1) is 11.8. The molecule has 2 rings (SSSR count). The molecule has 0 spiro atoms. The minimum absolute atomic E-state index is 0.0437. The van der Waals surface area contributed by atoms with Gasteiger partial charge >= 0.3 is 0 Å². The summed E-state index contributed by atoms with van der Waals surface area (Å²) < 4.78 is 4.32. The molecule has 1 aromatic heterocycles. The van der Waals surface area contributed by atoms with Crippen LogP contribution >= 0.6 is 0 Å². The van der Waals surface area contributed by atoms with Crippen LogP contribution in [0.3, 0.4) is 0 Å². The molecule has 0 bridgehead atoms. The molecule has 3 N–H and O–H groups in total. The number of carbonyl (C=O) groups excluding carboxylic acids is 2. The molecule has 1 amide bonds. The van der Waals surface area contributed by atoms with Crippen LogP contribution in [0.4, 0.5) is 11.5 Å². The van der Waals surface area contributed by atoms with E-state index in [4.69, 9.17) is 5.73 Å². The number of nitrogens with zero attached hydrogens (tertiary/aromatic N) is 2. The summed E-state index contributed by atoms with van der Waals surface area (Å²) in [5.74, 6) is -0.644. The number of Topliss-reactive ketones (excluding diaryl/α,β-unsaturated/α-hetero) is 1. The summed E-state index contributed by atoms with van der Waals surface area (Å²) >= 11 is 0. The number of nitrogen functional groups attached to an aromatic ring is 1. The highest BCUT2D eigenvalue weighted by atomic mass is 16.6. The van der Waals surface area contributed by atoms with Crippen LogP contribution in [0.25, 0.3) is 0 Å². The molecule has 7 nitrogen and oxygen atoms in total. The summed E-state index contributed by atoms with van der Waals surface area (Å²) in [6, 6.07) is 6.45. The lowest BCUT2D eigenvalue weighted by atomic mass is 10.1. The first-order valence-corrected chi connectivity index (χ1v) is 5.08. The number of benzene rings is 1. The number of nitrogens with two attached hydrogens (primary N) is 1. The molecule has 18 heavy (non-hydrogen) atoms. The first-order valence-electron chi connectivity index (χ1n) is 5.08. The molecule has 7 heteroatoms. The Morgan fingerprint density at radius 3 is 2.39 bits per heavy atom. The Hall–Kier alpha value is -2.70. The van der Waals surface area contributed by atoms with Gasteiger partial charge in [0.1, 0.15) is 0 Å². The third kappa shape index (κ3) is 2.34. The Balaban J connectivity index is 2.13. The number of amides is 1. The van der Waals surface area contributed by atoms with E-state index < -0.39 is 5.91 Å². The molecular formula is C11H10N4O3. The standard InChI is InChI=1S/C11H10N4O3/c1-6(16)7-2-4-8(5-3-7)13-11(17)9-10(12)15-18-14-9/h2-5H,1H3,(H2,12,15)(H,13,17). The van der Waals surface area contributed by atoms with Gasteiger partial charge in [0.15, 0.2) is 5.78 Å². The van der Waals surface area contributed by atoms with Gasteiger partial charge in [0, 0.05) is 11.3 Å². The third-order valence-corrected chi connectivity index (χ3v) is 2.28. The van der Waals surface area contributed by atoms with Crippen molar-refractivity contribution in [3.63, 3.8) is 0 Å². The molecule has 92 valence electrons. The Morgan fingerprint density at radius 2 is 1.89 bits per heavy atom. The average Bonchev–Trinajstić information content (AvgIpc) is 2.76. The van der Waals surface area contributed by atoms with Gasteiger partial charge in [-0.05, 0) is 41.5 Å². The summed E-state index contributed by atoms with van der Waals surface area (Å²) in [5.41, 5.74) is 6.39. The van der Waals surface area contributed by atoms with Crippen LogP contribution < -0.4 is 11.1 Å². The van der Waals surface area contributed by atoms with Crippen molar-refractivity contribution in [3.8, 4) is 0 Å². The summed E-state index contributed by atoms with van der Waals surface area (Å²) in [7, 11) is 0. The number of ketones is 1. The van der Waals surface area contributed by atoms with Crippen LogP contribution in [0.15, 0.2) is 28.9 Å². The number of aromatic nitrogens is 2. The molecule has 1 heterocycles. The highest BCUT2D eigenvalue weighted by Crippen LogP contribution is 2.12. The van der Waals surface area contributed by atoms with Crippen molar-refractivity contribution >= 4 is 23.2 Å². The second kappa shape index (κ2) is 4.66. The minimum atomic E-state index is -0.524. The fourth-order valence-corrected chi connectivity index (χ4v) is 1.33. The van der Waals surface area contributed by atoms with Crippen LogP contribution in [0.5, 0.6) is 0 Å². The van der Waals surface area contributed by atoms with E-state index in [9.17, 15) is 9.59 Å². The van der Waals surface area contributed by atoms with Gasteiger partial charge in [0.2, 0.25) is 11.5 Å². The van der Waals surface area contributed by atoms with E-state index in [-0.39, 0.29) is 17.3 Å². The summed E-state index contributed by atoms with van der Waals surface area (Å²) in [6.07, 6.45) is 0. The van der Waals surface area contributed by atoms with E-state index in [0.717, 1.165) is 0 Å². The topological polar surface area (TPSA) is 111 Å². The van der Waals surface area contributed by atoms with Gasteiger partial charge in [-0.1, -0.05) is 0 Å². The van der Waals surface area contributed by atoms with Gasteiger partial charge < -0.3 is 11.1 Å². The zero-order valence-corrected chi connectivity index (χ0v) is 9.51. The van der Waals surface area contributed by atoms with Crippen LogP contribution in [-0.4, -0.2) is 22.0 Å². The molecule has 0 atom stereocenters. The molecule has 0 unspecified atom stereocenters. The SMILES string of the molecule is CC(=O)c1ccc(NC(=O)c2nonc2N)cc1. The molecule has 0 aliphatic rings. The molecular weight excluding hydrogens is 236 g/mol. The Kier molecular flexibility index (Phi) is 3.05. The monoisotopic (exact) mass is 246 g/mol. The van der Waals surface area contributed by atoms with Crippen molar-refractivity contribution in [2.75, 3.05) is 11.1 Å². The van der Waals surface area contributed by atoms with Gasteiger partial charge in [0.05, 0.1) is 0 Å². The van der Waals surface area contributed by atoms with Gasteiger partial charge in [-0.25, -0.2) is 4.63 Å². The Morgan fingerprint density at radius 1 is 1.22 bits per heavy atom. The number of hydrogen-bond donors (Lipinski definition) is 2. The lowest BCUT2D eigenvalue weighted by Crippen LogP contribution is -2.14. The maximum Gasteiger partial charge on any atom is 0.281 e. The molecule has 2 aromatic rings. The maximum atomic E-state index is 11.7. The largest absolute Gasteiger partial charge is 0.379 e. The van der Waals surface area contributed by atoms with E-state index in [2.05, 4.69) is 20.3 Å². The van der Waals surface area contributed by atoms with Gasteiger partial charge in [-0.3, -0.25) is 9.59 Å². The number of carbonyl (C=O) groups is 2. The predicted molar refractivity (Wildman–Crippen MR) is 63.1 cm³/mol. The molecule has 0 radical (unpaired) electrons. The Labute approximate surface area is 102 Å². The first-order chi connectivity index (χ1) is 8.58. The van der Waals surface area contributed by atoms with E-state index in [1.165, 1.54) is 6.92 Å². The zero-order valence-electron chi connectivity index (χ0n) is 9.51. The number of anilines is 2. The van der Waals surface area contributed by atoms with Crippen molar-refractivity contribution in [1.29, 1.82) is 0 Å². The summed E-state index contributed by atoms with van der Waals surface area (Å²) in [5, 5.41) is 9.24.